The van der Waals surface area contributed by atoms with E-state index in [0.717, 1.165) is 0 Å². The standard InChI is InChI=1S/C20H34N6O5S/c1-5-11(4)16(19(29)25-15(10(2)3)20(30)31)26-18(28)14(8-32)24-17(27)13(21)6-12-7-22-9-23-12/h7,9-11,13-16,32H,5-6,8,21H2,1-4H3,(H,22,23)(H,24,27)(H,25,29)(H,26,28)(H,30,31). The molecule has 12 heteroatoms. The first-order valence-electron chi connectivity index (χ1n) is 10.5. The molecule has 11 nitrogen and oxygen atoms in total. The molecule has 0 aliphatic carbocycles. The van der Waals surface area contributed by atoms with Crippen molar-refractivity contribution < 1.29 is 24.3 Å². The number of aliphatic carboxylic acids is 1. The number of amides is 3. The molecular weight excluding hydrogens is 436 g/mol. The summed E-state index contributed by atoms with van der Waals surface area (Å²) < 4.78 is 0. The molecule has 3 amide bonds. The van der Waals surface area contributed by atoms with E-state index in [2.05, 4.69) is 38.5 Å². The molecule has 0 aromatic carbocycles. The van der Waals surface area contributed by atoms with Gasteiger partial charge in [-0.25, -0.2) is 9.78 Å². The third-order valence-corrected chi connectivity index (χ3v) is 5.54. The van der Waals surface area contributed by atoms with E-state index in [0.29, 0.717) is 12.1 Å². The molecule has 1 aromatic heterocycles. The second kappa shape index (κ2) is 13.1. The summed E-state index contributed by atoms with van der Waals surface area (Å²) >= 11 is 4.13. The Bertz CT molecular complexity index is 773. The van der Waals surface area contributed by atoms with E-state index in [1.165, 1.54) is 6.33 Å². The summed E-state index contributed by atoms with van der Waals surface area (Å²) in [5, 5.41) is 17.0. The molecule has 0 spiro atoms. The zero-order valence-corrected chi connectivity index (χ0v) is 19.7. The van der Waals surface area contributed by atoms with Gasteiger partial charge in [0.15, 0.2) is 0 Å². The molecule has 0 fully saturated rings. The van der Waals surface area contributed by atoms with Gasteiger partial charge < -0.3 is 31.8 Å². The van der Waals surface area contributed by atoms with E-state index in [1.807, 2.05) is 6.92 Å². The third kappa shape index (κ3) is 8.15. The predicted molar refractivity (Wildman–Crippen MR) is 122 cm³/mol. The van der Waals surface area contributed by atoms with Crippen LogP contribution in [0, 0.1) is 11.8 Å². The molecule has 180 valence electrons. The van der Waals surface area contributed by atoms with Gasteiger partial charge in [-0.3, -0.25) is 14.4 Å². The van der Waals surface area contributed by atoms with Gasteiger partial charge in [-0.05, 0) is 11.8 Å². The van der Waals surface area contributed by atoms with E-state index in [4.69, 9.17) is 5.73 Å². The number of aromatic amines is 1. The monoisotopic (exact) mass is 470 g/mol. The maximum atomic E-state index is 12.8. The van der Waals surface area contributed by atoms with Gasteiger partial charge in [0.2, 0.25) is 17.7 Å². The highest BCUT2D eigenvalue weighted by atomic mass is 32.1. The largest absolute Gasteiger partial charge is 0.480 e. The Morgan fingerprint density at radius 1 is 1.09 bits per heavy atom. The normalized spacial score (nSPS) is 15.8. The lowest BCUT2D eigenvalue weighted by Crippen LogP contribution is -2.59. The predicted octanol–water partition coefficient (Wildman–Crippen LogP) is -0.550. The minimum atomic E-state index is -1.16. The van der Waals surface area contributed by atoms with E-state index in [9.17, 15) is 24.3 Å². The molecule has 5 unspecified atom stereocenters. The first-order valence-corrected chi connectivity index (χ1v) is 11.1. The number of aromatic nitrogens is 2. The highest BCUT2D eigenvalue weighted by Crippen LogP contribution is 2.11. The minimum absolute atomic E-state index is 0.0209. The lowest BCUT2D eigenvalue weighted by Gasteiger charge is -2.28. The number of imidazole rings is 1. The van der Waals surface area contributed by atoms with Crippen molar-refractivity contribution in [3.8, 4) is 0 Å². The van der Waals surface area contributed by atoms with E-state index < -0.39 is 47.9 Å². The molecule has 0 saturated heterocycles. The minimum Gasteiger partial charge on any atom is -0.480 e. The van der Waals surface area contributed by atoms with Crippen LogP contribution >= 0.6 is 12.6 Å². The van der Waals surface area contributed by atoms with Crippen LogP contribution in [0.2, 0.25) is 0 Å². The topological polar surface area (TPSA) is 179 Å². The van der Waals surface area contributed by atoms with Crippen LogP contribution in [-0.2, 0) is 25.6 Å². The number of H-pyrrole nitrogens is 1. The number of carbonyl (C=O) groups is 4. The van der Waals surface area contributed by atoms with Crippen molar-refractivity contribution in [1.82, 2.24) is 25.9 Å². The summed E-state index contributed by atoms with van der Waals surface area (Å²) in [7, 11) is 0. The summed E-state index contributed by atoms with van der Waals surface area (Å²) in [5.41, 5.74) is 6.58. The fraction of sp³-hybridized carbons (Fsp3) is 0.650. The summed E-state index contributed by atoms with van der Waals surface area (Å²) in [6.07, 6.45) is 3.78. The highest BCUT2D eigenvalue weighted by molar-refractivity contribution is 7.80. The quantitative estimate of drug-likeness (QED) is 0.189. The molecule has 1 heterocycles. The summed E-state index contributed by atoms with van der Waals surface area (Å²) in [6, 6.07) is -4.02. The zero-order valence-electron chi connectivity index (χ0n) is 18.8. The summed E-state index contributed by atoms with van der Waals surface area (Å²) in [6.45, 7) is 6.97. The van der Waals surface area contributed by atoms with Crippen molar-refractivity contribution in [2.45, 2.75) is 64.7 Å². The SMILES string of the molecule is CCC(C)C(NC(=O)C(CS)NC(=O)C(N)Cc1cnc[nH]1)C(=O)NC(C(=O)O)C(C)C. The summed E-state index contributed by atoms with van der Waals surface area (Å²) in [4.78, 5) is 56.2. The number of nitrogens with one attached hydrogen (secondary N) is 4. The third-order valence-electron chi connectivity index (χ3n) is 5.17. The second-order valence-electron chi connectivity index (χ2n) is 8.07. The van der Waals surface area contributed by atoms with Crippen LogP contribution in [0.25, 0.3) is 0 Å². The number of carbonyl (C=O) groups excluding carboxylic acids is 3. The first-order chi connectivity index (χ1) is 15.0. The number of rotatable bonds is 13. The van der Waals surface area contributed by atoms with Crippen molar-refractivity contribution in [3.05, 3.63) is 18.2 Å². The molecule has 1 rings (SSSR count). The van der Waals surface area contributed by atoms with Gasteiger partial charge in [0.05, 0.1) is 12.4 Å². The lowest BCUT2D eigenvalue weighted by atomic mass is 9.96. The molecule has 5 atom stereocenters. The van der Waals surface area contributed by atoms with Crippen LogP contribution in [0.3, 0.4) is 0 Å². The van der Waals surface area contributed by atoms with Crippen LogP contribution in [-0.4, -0.2) is 68.7 Å². The van der Waals surface area contributed by atoms with Crippen molar-refractivity contribution in [1.29, 1.82) is 0 Å². The number of nitrogens with zero attached hydrogens (tertiary/aromatic N) is 1. The van der Waals surface area contributed by atoms with Gasteiger partial charge in [-0.1, -0.05) is 34.1 Å². The molecule has 0 aliphatic heterocycles. The Labute approximate surface area is 193 Å². The molecule has 1 aromatic rings. The Balaban J connectivity index is 2.84. The molecule has 0 radical (unpaired) electrons. The second-order valence-corrected chi connectivity index (χ2v) is 8.44. The van der Waals surface area contributed by atoms with Gasteiger partial charge >= 0.3 is 5.97 Å². The number of hydrogen-bond acceptors (Lipinski definition) is 7. The number of nitrogens with two attached hydrogens (primary N) is 1. The van der Waals surface area contributed by atoms with Crippen molar-refractivity contribution in [3.63, 3.8) is 0 Å². The number of thiol groups is 1. The van der Waals surface area contributed by atoms with Crippen LogP contribution in [0.15, 0.2) is 12.5 Å². The average molecular weight is 471 g/mol. The van der Waals surface area contributed by atoms with E-state index in [1.54, 1.807) is 27.0 Å². The van der Waals surface area contributed by atoms with Crippen LogP contribution < -0.4 is 21.7 Å². The fourth-order valence-corrected chi connectivity index (χ4v) is 3.17. The fourth-order valence-electron chi connectivity index (χ4n) is 2.91. The zero-order chi connectivity index (χ0) is 24.4. The van der Waals surface area contributed by atoms with Crippen molar-refractivity contribution in [2.24, 2.45) is 17.6 Å². The Hall–Kier alpha value is -2.60. The van der Waals surface area contributed by atoms with Gasteiger partial charge in [0.1, 0.15) is 18.1 Å². The first kappa shape index (κ1) is 27.4. The van der Waals surface area contributed by atoms with Crippen LogP contribution in [0.5, 0.6) is 0 Å². The smallest absolute Gasteiger partial charge is 0.326 e. The molecule has 0 saturated carbocycles. The molecule has 0 aliphatic rings. The van der Waals surface area contributed by atoms with Gasteiger partial charge in [-0.2, -0.15) is 12.6 Å². The maximum absolute atomic E-state index is 12.8. The van der Waals surface area contributed by atoms with Crippen LogP contribution in [0.1, 0.15) is 39.8 Å². The Morgan fingerprint density at radius 3 is 2.19 bits per heavy atom. The molecule has 0 bridgehead atoms. The Kier molecular flexibility index (Phi) is 11.2. The van der Waals surface area contributed by atoms with Gasteiger partial charge in [-0.15, -0.1) is 0 Å². The highest BCUT2D eigenvalue weighted by Gasteiger charge is 2.33. The maximum Gasteiger partial charge on any atom is 0.326 e. The molecular formula is C20H34N6O5S. The van der Waals surface area contributed by atoms with Gasteiger partial charge in [0, 0.05) is 24.1 Å². The van der Waals surface area contributed by atoms with E-state index in [-0.39, 0.29) is 24.0 Å². The Morgan fingerprint density at radius 2 is 1.72 bits per heavy atom. The number of carboxylic acids is 1. The molecule has 7 N–H and O–H groups in total. The molecule has 32 heavy (non-hydrogen) atoms. The van der Waals surface area contributed by atoms with E-state index >= 15 is 0 Å². The van der Waals surface area contributed by atoms with Crippen molar-refractivity contribution in [2.75, 3.05) is 5.75 Å². The van der Waals surface area contributed by atoms with Crippen molar-refractivity contribution >= 4 is 36.3 Å². The number of hydrogen-bond donors (Lipinski definition) is 7. The van der Waals surface area contributed by atoms with Gasteiger partial charge in [0.25, 0.3) is 0 Å². The lowest BCUT2D eigenvalue weighted by molar-refractivity contribution is -0.144. The number of carboxylic acid groups (broad SMARTS) is 1. The van der Waals surface area contributed by atoms with Crippen LogP contribution in [0.4, 0.5) is 0 Å². The summed E-state index contributed by atoms with van der Waals surface area (Å²) in [5.74, 6) is -3.57. The average Bonchev–Trinajstić information content (AvgIpc) is 3.25.